The number of rotatable bonds is 6. The van der Waals surface area contributed by atoms with Gasteiger partial charge in [-0.25, -0.2) is 0 Å². The highest BCUT2D eigenvalue weighted by Crippen LogP contribution is 2.13. The minimum Gasteiger partial charge on any atom is -0.493 e. The highest BCUT2D eigenvalue weighted by atomic mass is 16.5. The van der Waals surface area contributed by atoms with E-state index in [0.717, 1.165) is 17.0 Å². The van der Waals surface area contributed by atoms with Crippen molar-refractivity contribution >= 4 is 5.91 Å². The van der Waals surface area contributed by atoms with Gasteiger partial charge in [-0.05, 0) is 37.1 Å². The molecule has 2 aromatic rings. The summed E-state index contributed by atoms with van der Waals surface area (Å²) < 4.78 is 5.59. The number of amides is 1. The van der Waals surface area contributed by atoms with E-state index in [0.29, 0.717) is 24.6 Å². The van der Waals surface area contributed by atoms with Crippen LogP contribution in [0.15, 0.2) is 30.5 Å². The van der Waals surface area contributed by atoms with Crippen LogP contribution in [0.5, 0.6) is 5.75 Å². The first-order valence-corrected chi connectivity index (χ1v) is 7.06. The fraction of sp³-hybridized carbons (Fsp3) is 0.375. The molecule has 1 aromatic carbocycles. The van der Waals surface area contributed by atoms with E-state index in [4.69, 9.17) is 4.74 Å². The third kappa shape index (κ3) is 4.34. The minimum absolute atomic E-state index is 0.106. The Morgan fingerprint density at radius 3 is 2.62 bits per heavy atom. The zero-order valence-corrected chi connectivity index (χ0v) is 12.6. The van der Waals surface area contributed by atoms with Gasteiger partial charge in [0, 0.05) is 23.4 Å². The van der Waals surface area contributed by atoms with Crippen LogP contribution in [0.3, 0.4) is 0 Å². The van der Waals surface area contributed by atoms with E-state index in [-0.39, 0.29) is 5.91 Å². The second-order valence-electron chi connectivity index (χ2n) is 5.43. The molecule has 0 saturated heterocycles. The zero-order chi connectivity index (χ0) is 15.2. The summed E-state index contributed by atoms with van der Waals surface area (Å²) in [5.41, 5.74) is 2.57. The van der Waals surface area contributed by atoms with Crippen molar-refractivity contribution in [1.82, 2.24) is 15.5 Å². The molecule has 5 nitrogen and oxygen atoms in total. The Balaban J connectivity index is 1.89. The maximum atomic E-state index is 12.0. The molecule has 0 atom stereocenters. The second-order valence-corrected chi connectivity index (χ2v) is 5.43. The number of hydrogen-bond donors (Lipinski definition) is 2. The van der Waals surface area contributed by atoms with Gasteiger partial charge in [-0.2, -0.15) is 5.10 Å². The molecule has 5 heteroatoms. The van der Waals surface area contributed by atoms with Crippen LogP contribution in [-0.2, 0) is 6.54 Å². The average Bonchev–Trinajstić information content (AvgIpc) is 2.88. The standard InChI is InChI=1S/C16H21N3O2/c1-11(2)10-21-15-6-4-13(5-7-15)16(20)17-8-14-9-18-19-12(14)3/h4-7,9,11H,8,10H2,1-3H3,(H,17,20)(H,18,19). The van der Waals surface area contributed by atoms with Crippen molar-refractivity contribution in [2.75, 3.05) is 6.61 Å². The first kappa shape index (κ1) is 15.1. The summed E-state index contributed by atoms with van der Waals surface area (Å²) in [4.78, 5) is 12.0. The molecule has 0 aliphatic heterocycles. The molecule has 0 bridgehead atoms. The van der Waals surface area contributed by atoms with Crippen LogP contribution in [-0.4, -0.2) is 22.7 Å². The molecular weight excluding hydrogens is 266 g/mol. The lowest BCUT2D eigenvalue weighted by Crippen LogP contribution is -2.22. The van der Waals surface area contributed by atoms with Gasteiger partial charge in [0.2, 0.25) is 0 Å². The van der Waals surface area contributed by atoms with Crippen LogP contribution >= 0.6 is 0 Å². The molecule has 0 fully saturated rings. The summed E-state index contributed by atoms with van der Waals surface area (Å²) in [6.07, 6.45) is 1.72. The van der Waals surface area contributed by atoms with E-state index in [1.807, 2.05) is 19.1 Å². The van der Waals surface area contributed by atoms with Gasteiger partial charge in [-0.1, -0.05) is 13.8 Å². The molecule has 1 amide bonds. The van der Waals surface area contributed by atoms with Gasteiger partial charge in [0.05, 0.1) is 12.8 Å². The van der Waals surface area contributed by atoms with Crippen molar-refractivity contribution in [2.24, 2.45) is 5.92 Å². The molecule has 0 unspecified atom stereocenters. The molecule has 0 aliphatic carbocycles. The van der Waals surface area contributed by atoms with Gasteiger partial charge in [-0.15, -0.1) is 0 Å². The topological polar surface area (TPSA) is 67.0 Å². The Morgan fingerprint density at radius 2 is 2.05 bits per heavy atom. The van der Waals surface area contributed by atoms with E-state index >= 15 is 0 Å². The summed E-state index contributed by atoms with van der Waals surface area (Å²) in [6, 6.07) is 7.18. The molecule has 0 spiro atoms. The maximum absolute atomic E-state index is 12.0. The van der Waals surface area contributed by atoms with Crippen LogP contribution in [0.1, 0.15) is 35.5 Å². The highest BCUT2D eigenvalue weighted by Gasteiger charge is 2.07. The quantitative estimate of drug-likeness (QED) is 0.858. The third-order valence-corrected chi connectivity index (χ3v) is 3.07. The Labute approximate surface area is 124 Å². The van der Waals surface area contributed by atoms with E-state index in [1.54, 1.807) is 18.3 Å². The van der Waals surface area contributed by atoms with Crippen molar-refractivity contribution in [3.05, 3.63) is 47.3 Å². The number of carbonyl (C=O) groups excluding carboxylic acids is 1. The van der Waals surface area contributed by atoms with Crippen molar-refractivity contribution in [3.63, 3.8) is 0 Å². The number of H-pyrrole nitrogens is 1. The predicted molar refractivity (Wildman–Crippen MR) is 81.3 cm³/mol. The SMILES string of the molecule is Cc1[nH]ncc1CNC(=O)c1ccc(OCC(C)C)cc1. The number of hydrogen-bond acceptors (Lipinski definition) is 3. The van der Waals surface area contributed by atoms with Gasteiger partial charge >= 0.3 is 0 Å². The van der Waals surface area contributed by atoms with Gasteiger partial charge in [0.1, 0.15) is 5.75 Å². The first-order valence-electron chi connectivity index (χ1n) is 7.06. The summed E-state index contributed by atoms with van der Waals surface area (Å²) in [5, 5.41) is 9.64. The first-order chi connectivity index (χ1) is 10.1. The fourth-order valence-corrected chi connectivity index (χ4v) is 1.80. The van der Waals surface area contributed by atoms with Gasteiger partial charge in [0.25, 0.3) is 5.91 Å². The summed E-state index contributed by atoms with van der Waals surface area (Å²) in [5.74, 6) is 1.16. The number of ether oxygens (including phenoxy) is 1. The summed E-state index contributed by atoms with van der Waals surface area (Å²) in [6.45, 7) is 7.26. The normalized spacial score (nSPS) is 10.7. The molecule has 2 rings (SSSR count). The Kier molecular flexibility index (Phi) is 4.98. The van der Waals surface area contributed by atoms with Crippen LogP contribution in [0.25, 0.3) is 0 Å². The van der Waals surface area contributed by atoms with Gasteiger partial charge in [-0.3, -0.25) is 9.89 Å². The molecule has 112 valence electrons. The number of carbonyl (C=O) groups is 1. The summed E-state index contributed by atoms with van der Waals surface area (Å²) >= 11 is 0. The molecule has 2 N–H and O–H groups in total. The molecule has 0 saturated carbocycles. The van der Waals surface area contributed by atoms with E-state index < -0.39 is 0 Å². The molecule has 0 radical (unpaired) electrons. The number of benzene rings is 1. The maximum Gasteiger partial charge on any atom is 0.251 e. The van der Waals surface area contributed by atoms with E-state index in [2.05, 4.69) is 29.4 Å². The predicted octanol–water partition coefficient (Wildman–Crippen LogP) is 2.68. The average molecular weight is 287 g/mol. The second kappa shape index (κ2) is 6.92. The monoisotopic (exact) mass is 287 g/mol. The molecule has 1 aromatic heterocycles. The van der Waals surface area contributed by atoms with Gasteiger partial charge in [0.15, 0.2) is 0 Å². The number of nitrogens with one attached hydrogen (secondary N) is 2. The number of aryl methyl sites for hydroxylation is 1. The molecule has 1 heterocycles. The third-order valence-electron chi connectivity index (χ3n) is 3.07. The minimum atomic E-state index is -0.106. The lowest BCUT2D eigenvalue weighted by atomic mass is 10.2. The zero-order valence-electron chi connectivity index (χ0n) is 12.6. The van der Waals surface area contributed by atoms with Gasteiger partial charge < -0.3 is 10.1 Å². The van der Waals surface area contributed by atoms with Crippen molar-refractivity contribution < 1.29 is 9.53 Å². The van der Waals surface area contributed by atoms with E-state index in [9.17, 15) is 4.79 Å². The number of aromatic nitrogens is 2. The lowest BCUT2D eigenvalue weighted by Gasteiger charge is -2.09. The smallest absolute Gasteiger partial charge is 0.251 e. The Bertz CT molecular complexity index is 588. The largest absolute Gasteiger partial charge is 0.493 e. The Morgan fingerprint density at radius 1 is 1.33 bits per heavy atom. The number of aromatic amines is 1. The van der Waals surface area contributed by atoms with Crippen molar-refractivity contribution in [1.29, 1.82) is 0 Å². The van der Waals surface area contributed by atoms with E-state index in [1.165, 1.54) is 0 Å². The molecular formula is C16H21N3O2. The highest BCUT2D eigenvalue weighted by molar-refractivity contribution is 5.94. The van der Waals surface area contributed by atoms with Crippen LogP contribution in [0.4, 0.5) is 0 Å². The van der Waals surface area contributed by atoms with Crippen LogP contribution in [0, 0.1) is 12.8 Å². The molecule has 21 heavy (non-hydrogen) atoms. The van der Waals surface area contributed by atoms with Crippen LogP contribution in [0.2, 0.25) is 0 Å². The van der Waals surface area contributed by atoms with Crippen molar-refractivity contribution in [2.45, 2.75) is 27.3 Å². The Hall–Kier alpha value is -2.30. The van der Waals surface area contributed by atoms with Crippen LogP contribution < -0.4 is 10.1 Å². The fourth-order valence-electron chi connectivity index (χ4n) is 1.80. The molecule has 0 aliphatic rings. The summed E-state index contributed by atoms with van der Waals surface area (Å²) in [7, 11) is 0. The lowest BCUT2D eigenvalue weighted by molar-refractivity contribution is 0.0951. The number of nitrogens with zero attached hydrogens (tertiary/aromatic N) is 1. The van der Waals surface area contributed by atoms with Crippen molar-refractivity contribution in [3.8, 4) is 5.75 Å².